The van der Waals surface area contributed by atoms with Gasteiger partial charge >= 0.3 is 0 Å². The van der Waals surface area contributed by atoms with E-state index in [4.69, 9.17) is 0 Å². The molecule has 0 amide bonds. The fraction of sp³-hybridized carbons (Fsp3) is 0.0714. The summed E-state index contributed by atoms with van der Waals surface area (Å²) in [6.07, 6.45) is 0. The maximum Gasteiger partial charge on any atom is 0.193 e. The van der Waals surface area contributed by atoms with E-state index in [0.717, 1.165) is 33.4 Å². The average Bonchev–Trinajstić information content (AvgIpc) is 2.85. The standard InChI is InChI=1S/C14H11BrO.C14H12O/c15-10-12-8-4-5-9-13(12)14(16)11-6-2-1-3-7-11;1-11-7-5-6-10-13(11)14(15)12-8-3-2-4-9-12/h1-9H,10H2;2-10H,1H3. The number of carbonyl (C=O) groups excluding carboxylic acids is 2. The molecule has 0 aliphatic carbocycles. The topological polar surface area (TPSA) is 34.1 Å². The largest absolute Gasteiger partial charge is 0.289 e. The normalized spacial score (nSPS) is 10.0. The van der Waals surface area contributed by atoms with Crippen LogP contribution in [0.25, 0.3) is 0 Å². The van der Waals surface area contributed by atoms with Gasteiger partial charge in [0.05, 0.1) is 0 Å². The van der Waals surface area contributed by atoms with Gasteiger partial charge in [0, 0.05) is 27.6 Å². The smallest absolute Gasteiger partial charge is 0.193 e. The van der Waals surface area contributed by atoms with E-state index >= 15 is 0 Å². The molecule has 4 rings (SSSR count). The maximum absolute atomic E-state index is 12.2. The minimum absolute atomic E-state index is 0.0793. The molecule has 0 fully saturated rings. The fourth-order valence-electron chi connectivity index (χ4n) is 3.18. The van der Waals surface area contributed by atoms with Gasteiger partial charge in [0.25, 0.3) is 0 Å². The van der Waals surface area contributed by atoms with E-state index in [-0.39, 0.29) is 11.6 Å². The predicted molar refractivity (Wildman–Crippen MR) is 130 cm³/mol. The number of halogens is 1. The summed E-state index contributed by atoms with van der Waals surface area (Å²) in [6.45, 7) is 1.95. The number of benzene rings is 4. The van der Waals surface area contributed by atoms with Crippen LogP contribution in [-0.2, 0) is 5.33 Å². The Kier molecular flexibility index (Phi) is 8.08. The quantitative estimate of drug-likeness (QED) is 0.231. The van der Waals surface area contributed by atoms with Gasteiger partial charge in [0.15, 0.2) is 11.6 Å². The molecular formula is C28H23BrO2. The third-order valence-corrected chi connectivity index (χ3v) is 5.47. The molecule has 0 aliphatic heterocycles. The zero-order valence-corrected chi connectivity index (χ0v) is 18.9. The van der Waals surface area contributed by atoms with Gasteiger partial charge in [0.1, 0.15) is 0 Å². The second-order valence-corrected chi connectivity index (χ2v) is 7.56. The molecule has 0 saturated carbocycles. The lowest BCUT2D eigenvalue weighted by molar-refractivity contribution is 0.103. The molecular weight excluding hydrogens is 448 g/mol. The fourth-order valence-corrected chi connectivity index (χ4v) is 3.67. The van der Waals surface area contributed by atoms with Crippen molar-refractivity contribution in [3.8, 4) is 0 Å². The molecule has 0 spiro atoms. The molecule has 0 unspecified atom stereocenters. The van der Waals surface area contributed by atoms with Crippen LogP contribution in [0.3, 0.4) is 0 Å². The lowest BCUT2D eigenvalue weighted by Gasteiger charge is -2.05. The van der Waals surface area contributed by atoms with E-state index in [1.54, 1.807) is 0 Å². The molecule has 4 aromatic carbocycles. The molecule has 0 aliphatic rings. The Morgan fingerprint density at radius 1 is 0.581 bits per heavy atom. The zero-order chi connectivity index (χ0) is 22.1. The van der Waals surface area contributed by atoms with Crippen LogP contribution in [0.2, 0.25) is 0 Å². The van der Waals surface area contributed by atoms with Crippen molar-refractivity contribution < 1.29 is 9.59 Å². The van der Waals surface area contributed by atoms with Crippen molar-refractivity contribution in [3.63, 3.8) is 0 Å². The van der Waals surface area contributed by atoms with E-state index in [0.29, 0.717) is 5.33 Å². The highest BCUT2D eigenvalue weighted by Gasteiger charge is 2.11. The Morgan fingerprint density at radius 2 is 1.00 bits per heavy atom. The Balaban J connectivity index is 0.000000176. The number of rotatable bonds is 5. The molecule has 3 heteroatoms. The molecule has 31 heavy (non-hydrogen) atoms. The van der Waals surface area contributed by atoms with Crippen LogP contribution in [0, 0.1) is 6.92 Å². The average molecular weight is 471 g/mol. The molecule has 0 saturated heterocycles. The third kappa shape index (κ3) is 5.87. The van der Waals surface area contributed by atoms with Crippen molar-refractivity contribution >= 4 is 27.5 Å². The van der Waals surface area contributed by atoms with Crippen molar-refractivity contribution in [1.82, 2.24) is 0 Å². The van der Waals surface area contributed by atoms with E-state index in [1.165, 1.54) is 0 Å². The molecule has 0 bridgehead atoms. The van der Waals surface area contributed by atoms with Gasteiger partial charge < -0.3 is 0 Å². The first kappa shape index (κ1) is 22.4. The predicted octanol–water partition coefficient (Wildman–Crippen LogP) is 7.04. The first-order valence-corrected chi connectivity index (χ1v) is 11.1. The van der Waals surface area contributed by atoms with Gasteiger partial charge in [-0.25, -0.2) is 0 Å². The van der Waals surface area contributed by atoms with E-state index < -0.39 is 0 Å². The Labute approximate surface area is 191 Å². The molecule has 0 radical (unpaired) electrons. The van der Waals surface area contributed by atoms with E-state index in [1.807, 2.05) is 116 Å². The molecule has 0 heterocycles. The SMILES string of the molecule is Cc1ccccc1C(=O)c1ccccc1.O=C(c1ccccc1)c1ccccc1CBr. The summed E-state index contributed by atoms with van der Waals surface area (Å²) < 4.78 is 0. The van der Waals surface area contributed by atoms with Gasteiger partial charge in [0.2, 0.25) is 0 Å². The van der Waals surface area contributed by atoms with Gasteiger partial charge in [-0.3, -0.25) is 9.59 Å². The molecule has 2 nitrogen and oxygen atoms in total. The van der Waals surface area contributed by atoms with Crippen molar-refractivity contribution in [1.29, 1.82) is 0 Å². The van der Waals surface area contributed by atoms with Crippen LogP contribution in [0.5, 0.6) is 0 Å². The van der Waals surface area contributed by atoms with Crippen LogP contribution in [0.4, 0.5) is 0 Å². The minimum Gasteiger partial charge on any atom is -0.289 e. The van der Waals surface area contributed by atoms with Crippen molar-refractivity contribution in [2.75, 3.05) is 0 Å². The monoisotopic (exact) mass is 470 g/mol. The highest BCUT2D eigenvalue weighted by molar-refractivity contribution is 9.08. The Bertz CT molecular complexity index is 1150. The number of ketones is 2. The van der Waals surface area contributed by atoms with Crippen LogP contribution >= 0.6 is 15.9 Å². The zero-order valence-electron chi connectivity index (χ0n) is 17.3. The van der Waals surface area contributed by atoms with Crippen molar-refractivity contribution in [3.05, 3.63) is 143 Å². The van der Waals surface area contributed by atoms with Crippen LogP contribution in [-0.4, -0.2) is 11.6 Å². The second kappa shape index (κ2) is 11.2. The molecule has 0 aromatic heterocycles. The summed E-state index contributed by atoms with van der Waals surface area (Å²) in [6, 6.07) is 34.0. The summed E-state index contributed by atoms with van der Waals surface area (Å²) >= 11 is 3.40. The maximum atomic E-state index is 12.2. The van der Waals surface area contributed by atoms with Crippen molar-refractivity contribution in [2.24, 2.45) is 0 Å². The molecule has 0 atom stereocenters. The van der Waals surface area contributed by atoms with Gasteiger partial charge in [-0.05, 0) is 18.1 Å². The molecule has 4 aromatic rings. The van der Waals surface area contributed by atoms with Gasteiger partial charge in [-0.1, -0.05) is 125 Å². The number of carbonyl (C=O) groups is 2. The minimum atomic E-state index is 0.0793. The molecule has 0 N–H and O–H groups in total. The second-order valence-electron chi connectivity index (χ2n) is 7.00. The number of hydrogen-bond acceptors (Lipinski definition) is 2. The molecule has 154 valence electrons. The van der Waals surface area contributed by atoms with Gasteiger partial charge in [-0.2, -0.15) is 0 Å². The lowest BCUT2D eigenvalue weighted by Crippen LogP contribution is -2.04. The summed E-state index contributed by atoms with van der Waals surface area (Å²) in [5.41, 5.74) is 5.07. The first-order chi connectivity index (χ1) is 15.1. The first-order valence-electron chi connectivity index (χ1n) is 10.0. The lowest BCUT2D eigenvalue weighted by atomic mass is 9.99. The van der Waals surface area contributed by atoms with Crippen LogP contribution in [0.1, 0.15) is 43.0 Å². The highest BCUT2D eigenvalue weighted by Crippen LogP contribution is 2.17. The Morgan fingerprint density at radius 3 is 1.52 bits per heavy atom. The Hall–Kier alpha value is -3.30. The van der Waals surface area contributed by atoms with E-state index in [2.05, 4.69) is 15.9 Å². The highest BCUT2D eigenvalue weighted by atomic mass is 79.9. The summed E-state index contributed by atoms with van der Waals surface area (Å²) in [7, 11) is 0. The third-order valence-electron chi connectivity index (χ3n) is 4.87. The van der Waals surface area contributed by atoms with Gasteiger partial charge in [-0.15, -0.1) is 0 Å². The summed E-state index contributed by atoms with van der Waals surface area (Å²) in [5, 5.41) is 0.696. The van der Waals surface area contributed by atoms with Crippen molar-refractivity contribution in [2.45, 2.75) is 12.3 Å². The van der Waals surface area contributed by atoms with E-state index in [9.17, 15) is 9.59 Å². The number of hydrogen-bond donors (Lipinski definition) is 0. The van der Waals surface area contributed by atoms with Crippen LogP contribution < -0.4 is 0 Å². The number of alkyl halides is 1. The summed E-state index contributed by atoms with van der Waals surface area (Å²) in [5.74, 6) is 0.171. The summed E-state index contributed by atoms with van der Waals surface area (Å²) in [4.78, 5) is 24.3. The van der Waals surface area contributed by atoms with Crippen LogP contribution in [0.15, 0.2) is 109 Å². The number of aryl methyl sites for hydroxylation is 1.